The Bertz CT molecular complexity index is 1070. The Kier molecular flexibility index (Phi) is 5.89. The molecule has 1 saturated heterocycles. The average molecular weight is 424 g/mol. The number of nitrogens with zero attached hydrogens (tertiary/aromatic N) is 4. The van der Waals surface area contributed by atoms with E-state index in [0.29, 0.717) is 36.4 Å². The normalized spacial score (nSPS) is 15.8. The van der Waals surface area contributed by atoms with E-state index in [1.807, 2.05) is 12.1 Å². The monoisotopic (exact) mass is 424 g/mol. The van der Waals surface area contributed by atoms with Gasteiger partial charge in [0, 0.05) is 18.3 Å². The number of hydrogen-bond donors (Lipinski definition) is 2. The van der Waals surface area contributed by atoms with Crippen LogP contribution < -0.4 is 16.0 Å². The number of ether oxygens (including phenoxy) is 1. The van der Waals surface area contributed by atoms with E-state index in [9.17, 15) is 14.0 Å². The molecule has 1 aromatic heterocycles. The van der Waals surface area contributed by atoms with E-state index in [1.165, 1.54) is 11.0 Å². The molecule has 2 heterocycles. The quantitative estimate of drug-likeness (QED) is 0.569. The van der Waals surface area contributed by atoms with Crippen LogP contribution in [0.3, 0.4) is 0 Å². The molecule has 1 atom stereocenters. The zero-order valence-corrected chi connectivity index (χ0v) is 16.6. The summed E-state index contributed by atoms with van der Waals surface area (Å²) in [7, 11) is 0. The zero-order chi connectivity index (χ0) is 21.8. The summed E-state index contributed by atoms with van der Waals surface area (Å²) in [5, 5.41) is 10.5. The average Bonchev–Trinajstić information content (AvgIpc) is 3.38. The summed E-state index contributed by atoms with van der Waals surface area (Å²) >= 11 is 0. The number of amides is 2. The molecule has 10 heteroatoms. The van der Waals surface area contributed by atoms with Crippen LogP contribution in [0, 0.1) is 5.82 Å². The maximum absolute atomic E-state index is 14.8. The summed E-state index contributed by atoms with van der Waals surface area (Å²) in [4.78, 5) is 24.4. The number of carbonyl (C=O) groups excluding carboxylic acids is 2. The van der Waals surface area contributed by atoms with E-state index in [-0.39, 0.29) is 6.54 Å². The number of nitrogens with two attached hydrogens (primary N) is 1. The summed E-state index contributed by atoms with van der Waals surface area (Å²) in [6.45, 7) is 1.25. The van der Waals surface area contributed by atoms with Crippen molar-refractivity contribution in [2.75, 3.05) is 18.0 Å². The highest BCUT2D eigenvalue weighted by atomic mass is 19.1. The number of nitrogens with one attached hydrogen (secondary N) is 1. The van der Waals surface area contributed by atoms with E-state index >= 15 is 0 Å². The first-order valence-electron chi connectivity index (χ1n) is 9.70. The minimum atomic E-state index is -0.523. The topological polar surface area (TPSA) is 115 Å². The second kappa shape index (κ2) is 8.92. The summed E-state index contributed by atoms with van der Waals surface area (Å²) in [5.74, 6) is -0.866. The fourth-order valence-corrected chi connectivity index (χ4v) is 3.40. The van der Waals surface area contributed by atoms with E-state index in [2.05, 4.69) is 15.6 Å². The number of primary amides is 1. The van der Waals surface area contributed by atoms with Crippen molar-refractivity contribution >= 4 is 17.7 Å². The molecule has 0 aliphatic carbocycles. The van der Waals surface area contributed by atoms with E-state index in [0.717, 1.165) is 5.56 Å². The number of benzene rings is 2. The van der Waals surface area contributed by atoms with Gasteiger partial charge in [-0.3, -0.25) is 9.69 Å². The first-order valence-corrected chi connectivity index (χ1v) is 9.70. The number of carbonyl (C=O) groups is 2. The molecule has 1 fully saturated rings. The second-order valence-corrected chi connectivity index (χ2v) is 7.17. The van der Waals surface area contributed by atoms with Gasteiger partial charge in [0.1, 0.15) is 11.9 Å². The predicted octanol–water partition coefficient (Wildman–Crippen LogP) is 1.68. The minimum Gasteiger partial charge on any atom is -0.442 e. The van der Waals surface area contributed by atoms with Crippen molar-refractivity contribution < 1.29 is 18.7 Å². The van der Waals surface area contributed by atoms with Gasteiger partial charge < -0.3 is 15.8 Å². The van der Waals surface area contributed by atoms with Gasteiger partial charge in [-0.05, 0) is 29.3 Å². The lowest BCUT2D eigenvalue weighted by molar-refractivity contribution is -0.117. The second-order valence-electron chi connectivity index (χ2n) is 7.17. The Labute approximate surface area is 177 Å². The fraction of sp³-hybridized carbons (Fsp3) is 0.238. The summed E-state index contributed by atoms with van der Waals surface area (Å²) in [6, 6.07) is 12.0. The summed E-state index contributed by atoms with van der Waals surface area (Å²) in [5.41, 5.74) is 7.60. The standard InChI is InChI=1S/C21H21FN6O3/c22-19-9-16(28-13-17(31-21(28)30)12-27-8-7-25-26-27)5-6-18(19)15-3-1-14(2-4-15)10-24-11-20(23)29/h1-9,17,24H,10-13H2,(H2,23,29). The lowest BCUT2D eigenvalue weighted by Crippen LogP contribution is -2.28. The Hall–Kier alpha value is -3.79. The van der Waals surface area contributed by atoms with Gasteiger partial charge in [0.15, 0.2) is 0 Å². The molecule has 0 bridgehead atoms. The van der Waals surface area contributed by atoms with Crippen LogP contribution in [0.5, 0.6) is 0 Å². The lowest BCUT2D eigenvalue weighted by atomic mass is 10.0. The van der Waals surface area contributed by atoms with Crippen molar-refractivity contribution in [3.63, 3.8) is 0 Å². The first-order chi connectivity index (χ1) is 15.0. The molecule has 2 aromatic carbocycles. The van der Waals surface area contributed by atoms with Crippen molar-refractivity contribution in [1.82, 2.24) is 20.3 Å². The van der Waals surface area contributed by atoms with E-state index in [1.54, 1.807) is 41.3 Å². The van der Waals surface area contributed by atoms with Crippen LogP contribution >= 0.6 is 0 Å². The highest BCUT2D eigenvalue weighted by Gasteiger charge is 2.33. The largest absolute Gasteiger partial charge is 0.442 e. The number of aromatic nitrogens is 3. The molecule has 3 N–H and O–H groups in total. The minimum absolute atomic E-state index is 0.0937. The molecule has 2 amide bonds. The molecule has 1 unspecified atom stereocenters. The molecule has 4 rings (SSSR count). The fourth-order valence-electron chi connectivity index (χ4n) is 3.40. The molecular weight excluding hydrogens is 403 g/mol. The number of anilines is 1. The predicted molar refractivity (Wildman–Crippen MR) is 110 cm³/mol. The SMILES string of the molecule is NC(=O)CNCc1ccc(-c2ccc(N3CC(Cn4ccnn4)OC3=O)cc2F)cc1. The molecular formula is C21H21FN6O3. The van der Waals surface area contributed by atoms with Crippen molar-refractivity contribution in [1.29, 1.82) is 0 Å². The maximum atomic E-state index is 14.8. The number of rotatable bonds is 8. The molecule has 0 saturated carbocycles. The third-order valence-electron chi connectivity index (χ3n) is 4.89. The van der Waals surface area contributed by atoms with Crippen LogP contribution in [0.2, 0.25) is 0 Å². The molecule has 9 nitrogen and oxygen atoms in total. The van der Waals surface area contributed by atoms with Crippen LogP contribution in [0.15, 0.2) is 54.9 Å². The molecule has 160 valence electrons. The Morgan fingerprint density at radius 3 is 2.74 bits per heavy atom. The van der Waals surface area contributed by atoms with Gasteiger partial charge in [-0.25, -0.2) is 13.9 Å². The smallest absolute Gasteiger partial charge is 0.414 e. The summed E-state index contributed by atoms with van der Waals surface area (Å²) in [6.07, 6.45) is 2.31. The zero-order valence-electron chi connectivity index (χ0n) is 16.6. The first kappa shape index (κ1) is 20.5. The highest BCUT2D eigenvalue weighted by molar-refractivity contribution is 5.90. The Morgan fingerprint density at radius 1 is 1.26 bits per heavy atom. The van der Waals surface area contributed by atoms with Crippen molar-refractivity contribution in [2.45, 2.75) is 19.2 Å². The number of hydrogen-bond acceptors (Lipinski definition) is 6. The van der Waals surface area contributed by atoms with Gasteiger partial charge >= 0.3 is 6.09 Å². The van der Waals surface area contributed by atoms with Crippen LogP contribution in [0.1, 0.15) is 5.56 Å². The van der Waals surface area contributed by atoms with Crippen LogP contribution in [-0.2, 0) is 22.6 Å². The van der Waals surface area contributed by atoms with Gasteiger partial charge in [-0.1, -0.05) is 29.5 Å². The van der Waals surface area contributed by atoms with Gasteiger partial charge in [0.05, 0.1) is 31.5 Å². The molecule has 0 radical (unpaired) electrons. The lowest BCUT2D eigenvalue weighted by Gasteiger charge is -2.14. The summed E-state index contributed by atoms with van der Waals surface area (Å²) < 4.78 is 21.8. The molecule has 0 spiro atoms. The van der Waals surface area contributed by atoms with E-state index < -0.39 is 23.9 Å². The molecule has 1 aliphatic rings. The van der Waals surface area contributed by atoms with Crippen LogP contribution in [0.4, 0.5) is 14.9 Å². The molecule has 1 aliphatic heterocycles. The van der Waals surface area contributed by atoms with Gasteiger partial charge in [-0.15, -0.1) is 5.10 Å². The Morgan fingerprint density at radius 2 is 2.06 bits per heavy atom. The third kappa shape index (κ3) is 4.86. The number of cyclic esters (lactones) is 1. The maximum Gasteiger partial charge on any atom is 0.414 e. The van der Waals surface area contributed by atoms with E-state index in [4.69, 9.17) is 10.5 Å². The number of halogens is 1. The Balaban J connectivity index is 1.43. The third-order valence-corrected chi connectivity index (χ3v) is 4.89. The van der Waals surface area contributed by atoms with Gasteiger partial charge in [0.25, 0.3) is 0 Å². The van der Waals surface area contributed by atoms with Crippen molar-refractivity contribution in [2.24, 2.45) is 5.73 Å². The van der Waals surface area contributed by atoms with Crippen molar-refractivity contribution in [3.05, 3.63) is 66.2 Å². The molecule has 3 aromatic rings. The van der Waals surface area contributed by atoms with Crippen LogP contribution in [-0.4, -0.2) is 46.2 Å². The van der Waals surface area contributed by atoms with Crippen molar-refractivity contribution in [3.8, 4) is 11.1 Å². The molecule has 31 heavy (non-hydrogen) atoms. The van der Waals surface area contributed by atoms with Gasteiger partial charge in [0.2, 0.25) is 5.91 Å². The van der Waals surface area contributed by atoms with Gasteiger partial charge in [-0.2, -0.15) is 0 Å². The van der Waals surface area contributed by atoms with Crippen LogP contribution in [0.25, 0.3) is 11.1 Å². The highest BCUT2D eigenvalue weighted by Crippen LogP contribution is 2.29.